The summed E-state index contributed by atoms with van der Waals surface area (Å²) in [5, 5.41) is 17.5. The third-order valence-electron chi connectivity index (χ3n) is 6.11. The highest BCUT2D eigenvalue weighted by Gasteiger charge is 2.28. The summed E-state index contributed by atoms with van der Waals surface area (Å²) in [5.41, 5.74) is 2.71. The molecular weight excluding hydrogens is 450 g/mol. The number of carboxylic acids is 1. The van der Waals surface area contributed by atoms with Gasteiger partial charge in [0, 0.05) is 20.6 Å². The number of hydrogen-bond acceptors (Lipinski definition) is 7. The molecule has 10 nitrogen and oxygen atoms in total. The Labute approximate surface area is 203 Å². The molecule has 3 aromatic rings. The number of pyridine rings is 1. The van der Waals surface area contributed by atoms with Crippen LogP contribution < -0.4 is 4.74 Å². The first kappa shape index (κ1) is 24.2. The van der Waals surface area contributed by atoms with E-state index in [0.717, 1.165) is 18.4 Å². The molecule has 1 saturated carbocycles. The average molecular weight is 480 g/mol. The van der Waals surface area contributed by atoms with Crippen molar-refractivity contribution in [1.29, 1.82) is 0 Å². The van der Waals surface area contributed by atoms with Gasteiger partial charge in [0.05, 0.1) is 23.9 Å². The number of ether oxygens (including phenoxy) is 2. The van der Waals surface area contributed by atoms with Crippen LogP contribution >= 0.6 is 0 Å². The van der Waals surface area contributed by atoms with E-state index in [0.29, 0.717) is 42.2 Å². The van der Waals surface area contributed by atoms with Gasteiger partial charge >= 0.3 is 12.1 Å². The number of carbonyl (C=O) groups excluding carboxylic acids is 1. The summed E-state index contributed by atoms with van der Waals surface area (Å²) in [6.45, 7) is 0.433. The normalized spacial score (nSPS) is 17.5. The number of aromatic nitrogens is 4. The van der Waals surface area contributed by atoms with Gasteiger partial charge in [0.15, 0.2) is 0 Å². The van der Waals surface area contributed by atoms with Crippen LogP contribution in [0.2, 0.25) is 0 Å². The van der Waals surface area contributed by atoms with Crippen molar-refractivity contribution in [1.82, 2.24) is 24.9 Å². The molecule has 0 aliphatic heterocycles. The van der Waals surface area contributed by atoms with Crippen molar-refractivity contribution in [2.45, 2.75) is 44.9 Å². The molecule has 35 heavy (non-hydrogen) atoms. The second-order valence-corrected chi connectivity index (χ2v) is 8.73. The molecule has 0 radical (unpaired) electrons. The van der Waals surface area contributed by atoms with E-state index < -0.39 is 12.1 Å². The first-order valence-corrected chi connectivity index (χ1v) is 11.6. The Morgan fingerprint density at radius 2 is 1.97 bits per heavy atom. The summed E-state index contributed by atoms with van der Waals surface area (Å²) in [5.74, 6) is -0.560. The monoisotopic (exact) mass is 479 g/mol. The van der Waals surface area contributed by atoms with Gasteiger partial charge in [-0.3, -0.25) is 9.78 Å². The molecule has 0 spiro atoms. The van der Waals surface area contributed by atoms with Crippen molar-refractivity contribution in [3.05, 3.63) is 59.9 Å². The van der Waals surface area contributed by atoms with Gasteiger partial charge in [0.25, 0.3) is 0 Å². The molecule has 2 heterocycles. The molecule has 1 aliphatic carbocycles. The zero-order valence-electron chi connectivity index (χ0n) is 19.8. The molecular formula is C25H29N5O5. The minimum Gasteiger partial charge on any atom is -0.489 e. The highest BCUT2D eigenvalue weighted by atomic mass is 16.6. The van der Waals surface area contributed by atoms with E-state index in [1.54, 1.807) is 37.1 Å². The maximum absolute atomic E-state index is 12.5. The number of carbonyl (C=O) groups is 2. The minimum absolute atomic E-state index is 0.00458. The van der Waals surface area contributed by atoms with Gasteiger partial charge in [-0.15, -0.1) is 5.10 Å². The van der Waals surface area contributed by atoms with Gasteiger partial charge in [-0.25, -0.2) is 9.48 Å². The predicted octanol–water partition coefficient (Wildman–Crippen LogP) is 3.67. The molecule has 0 bridgehead atoms. The lowest BCUT2D eigenvalue weighted by Gasteiger charge is -2.27. The van der Waals surface area contributed by atoms with Gasteiger partial charge in [-0.2, -0.15) is 0 Å². The number of amides is 1. The van der Waals surface area contributed by atoms with E-state index in [2.05, 4.69) is 15.3 Å². The van der Waals surface area contributed by atoms with Crippen LogP contribution in [0.15, 0.2) is 48.7 Å². The fourth-order valence-electron chi connectivity index (χ4n) is 4.16. The van der Waals surface area contributed by atoms with Gasteiger partial charge in [0.1, 0.15) is 23.7 Å². The fourth-order valence-corrected chi connectivity index (χ4v) is 4.16. The molecule has 1 N–H and O–H groups in total. The Morgan fingerprint density at radius 3 is 2.69 bits per heavy atom. The lowest BCUT2D eigenvalue weighted by atomic mass is 9.87. The van der Waals surface area contributed by atoms with Crippen molar-refractivity contribution < 1.29 is 24.2 Å². The fraction of sp³-hybridized carbons (Fsp3) is 0.400. The molecule has 1 aliphatic rings. The molecule has 1 fully saturated rings. The van der Waals surface area contributed by atoms with E-state index in [1.165, 1.54) is 4.90 Å². The van der Waals surface area contributed by atoms with E-state index >= 15 is 0 Å². The molecule has 4 rings (SSSR count). The molecule has 2 atom stereocenters. The Hall–Kier alpha value is -3.95. The lowest BCUT2D eigenvalue weighted by molar-refractivity contribution is -0.143. The summed E-state index contributed by atoms with van der Waals surface area (Å²) in [7, 11) is 3.41. The zero-order chi connectivity index (χ0) is 24.8. The van der Waals surface area contributed by atoms with E-state index in [4.69, 9.17) is 9.47 Å². The van der Waals surface area contributed by atoms with E-state index in [-0.39, 0.29) is 18.6 Å². The highest BCUT2D eigenvalue weighted by molar-refractivity contribution is 5.70. The predicted molar refractivity (Wildman–Crippen MR) is 126 cm³/mol. The van der Waals surface area contributed by atoms with Gasteiger partial charge in [-0.1, -0.05) is 35.5 Å². The van der Waals surface area contributed by atoms with Crippen LogP contribution in [0.25, 0.3) is 11.4 Å². The number of hydrogen-bond donors (Lipinski definition) is 1. The van der Waals surface area contributed by atoms with Crippen molar-refractivity contribution in [2.75, 3.05) is 7.05 Å². The summed E-state index contributed by atoms with van der Waals surface area (Å²) >= 11 is 0. The molecule has 184 valence electrons. The maximum atomic E-state index is 12.5. The van der Waals surface area contributed by atoms with E-state index in [1.807, 2.05) is 30.3 Å². The van der Waals surface area contributed by atoms with Gasteiger partial charge in [0.2, 0.25) is 0 Å². The van der Waals surface area contributed by atoms with Crippen LogP contribution in [0.3, 0.4) is 0 Å². The summed E-state index contributed by atoms with van der Waals surface area (Å²) in [4.78, 5) is 29.7. The Morgan fingerprint density at radius 1 is 1.17 bits per heavy atom. The first-order valence-electron chi connectivity index (χ1n) is 11.6. The molecule has 2 aromatic heterocycles. The van der Waals surface area contributed by atoms with Crippen molar-refractivity contribution in [2.24, 2.45) is 13.0 Å². The quantitative estimate of drug-likeness (QED) is 0.520. The molecule has 1 amide bonds. The molecule has 1 aromatic carbocycles. The second-order valence-electron chi connectivity index (χ2n) is 8.73. The van der Waals surface area contributed by atoms with Gasteiger partial charge in [-0.05, 0) is 43.4 Å². The van der Waals surface area contributed by atoms with E-state index in [9.17, 15) is 14.7 Å². The molecule has 0 unspecified atom stereocenters. The van der Waals surface area contributed by atoms with Crippen LogP contribution in [0.1, 0.15) is 36.9 Å². The standard InChI is InChI=1S/C25H29N5O5/c1-29(15-17-7-4-3-5-8-17)25(33)34-16-22-23(27-28-30(22)2)21-12-11-20(14-26-21)35-19-10-6-9-18(13-19)24(31)32/h3-5,7-8,11-12,14,18-19H,6,9-10,13,15-16H2,1-2H3,(H,31,32)/t18-,19-/m0/s1. The number of carboxylic acid groups (broad SMARTS) is 1. The summed E-state index contributed by atoms with van der Waals surface area (Å²) in [6.07, 6.45) is 3.84. The van der Waals surface area contributed by atoms with Crippen LogP contribution in [-0.4, -0.2) is 55.2 Å². The SMILES string of the molecule is CN(Cc1ccccc1)C(=O)OCc1c(-c2ccc(O[C@H]3CCC[C@H](C(=O)O)C3)cn2)nnn1C. The number of rotatable bonds is 8. The Balaban J connectivity index is 1.37. The summed E-state index contributed by atoms with van der Waals surface area (Å²) < 4.78 is 13.0. The summed E-state index contributed by atoms with van der Waals surface area (Å²) in [6, 6.07) is 13.2. The van der Waals surface area contributed by atoms with Crippen molar-refractivity contribution >= 4 is 12.1 Å². The minimum atomic E-state index is -0.770. The number of aliphatic carboxylic acids is 1. The molecule has 10 heteroatoms. The maximum Gasteiger partial charge on any atom is 0.410 e. The lowest BCUT2D eigenvalue weighted by Crippen LogP contribution is -2.29. The second kappa shape index (κ2) is 11.0. The number of nitrogens with zero attached hydrogens (tertiary/aromatic N) is 5. The first-order chi connectivity index (χ1) is 16.9. The Bertz CT molecular complexity index is 1150. The topological polar surface area (TPSA) is 120 Å². The largest absolute Gasteiger partial charge is 0.489 e. The van der Waals surface area contributed by atoms with Crippen molar-refractivity contribution in [3.63, 3.8) is 0 Å². The van der Waals surface area contributed by atoms with Crippen molar-refractivity contribution in [3.8, 4) is 17.1 Å². The van der Waals surface area contributed by atoms with Crippen LogP contribution in [0.4, 0.5) is 4.79 Å². The number of benzene rings is 1. The molecule has 0 saturated heterocycles. The zero-order valence-corrected chi connectivity index (χ0v) is 19.8. The highest BCUT2D eigenvalue weighted by Crippen LogP contribution is 2.29. The van der Waals surface area contributed by atoms with Crippen LogP contribution in [0.5, 0.6) is 5.75 Å². The Kier molecular flexibility index (Phi) is 7.59. The van der Waals surface area contributed by atoms with Crippen LogP contribution in [-0.2, 0) is 29.7 Å². The van der Waals surface area contributed by atoms with Gasteiger partial charge < -0.3 is 19.5 Å². The smallest absolute Gasteiger partial charge is 0.410 e. The third-order valence-corrected chi connectivity index (χ3v) is 6.11. The average Bonchev–Trinajstić information content (AvgIpc) is 3.23. The van der Waals surface area contributed by atoms with Crippen LogP contribution in [0, 0.1) is 5.92 Å². The third kappa shape index (κ3) is 6.14. The number of aryl methyl sites for hydroxylation is 1.